The van der Waals surface area contributed by atoms with E-state index in [1.807, 2.05) is 36.5 Å². The molecule has 0 unspecified atom stereocenters. The number of benzene rings is 2. The van der Waals surface area contributed by atoms with E-state index >= 15 is 0 Å². The van der Waals surface area contributed by atoms with Gasteiger partial charge in [0.2, 0.25) is 0 Å². The first-order chi connectivity index (χ1) is 10.3. The first-order valence-electron chi connectivity index (χ1n) is 6.50. The smallest absolute Gasteiger partial charge is 0.257 e. The first-order valence-corrected chi connectivity index (χ1v) is 6.50. The molecule has 0 aliphatic carbocycles. The van der Waals surface area contributed by atoms with Crippen molar-refractivity contribution >= 4 is 17.3 Å². The minimum Gasteiger partial charge on any atom is -0.398 e. The van der Waals surface area contributed by atoms with Gasteiger partial charge in [-0.2, -0.15) is 5.10 Å². The van der Waals surface area contributed by atoms with Crippen LogP contribution in [0.25, 0.3) is 5.69 Å². The molecule has 21 heavy (non-hydrogen) atoms. The van der Waals surface area contributed by atoms with Crippen molar-refractivity contribution in [1.82, 2.24) is 9.78 Å². The molecule has 0 saturated carbocycles. The van der Waals surface area contributed by atoms with Gasteiger partial charge in [-0.1, -0.05) is 24.3 Å². The average molecular weight is 278 g/mol. The molecule has 1 heterocycles. The quantitative estimate of drug-likeness (QED) is 0.723. The monoisotopic (exact) mass is 278 g/mol. The van der Waals surface area contributed by atoms with Crippen molar-refractivity contribution in [1.29, 1.82) is 0 Å². The van der Waals surface area contributed by atoms with Gasteiger partial charge in [0, 0.05) is 18.1 Å². The van der Waals surface area contributed by atoms with E-state index < -0.39 is 0 Å². The fourth-order valence-electron chi connectivity index (χ4n) is 2.08. The summed E-state index contributed by atoms with van der Waals surface area (Å²) in [5.41, 5.74) is 8.20. The second-order valence-electron chi connectivity index (χ2n) is 4.51. The van der Waals surface area contributed by atoms with Gasteiger partial charge in [0.25, 0.3) is 5.91 Å². The van der Waals surface area contributed by atoms with E-state index in [1.54, 1.807) is 35.1 Å². The molecule has 0 bridgehead atoms. The van der Waals surface area contributed by atoms with Gasteiger partial charge in [-0.25, -0.2) is 4.68 Å². The van der Waals surface area contributed by atoms with Crippen LogP contribution in [-0.4, -0.2) is 15.7 Å². The largest absolute Gasteiger partial charge is 0.398 e. The lowest BCUT2D eigenvalue weighted by molar-refractivity contribution is 0.102. The van der Waals surface area contributed by atoms with Crippen molar-refractivity contribution in [2.45, 2.75) is 0 Å². The Morgan fingerprint density at radius 3 is 2.57 bits per heavy atom. The molecule has 5 nitrogen and oxygen atoms in total. The molecule has 2 aromatic carbocycles. The number of hydrogen-bond acceptors (Lipinski definition) is 3. The summed E-state index contributed by atoms with van der Waals surface area (Å²) < 4.78 is 1.70. The molecule has 3 rings (SSSR count). The van der Waals surface area contributed by atoms with Crippen molar-refractivity contribution in [3.63, 3.8) is 0 Å². The summed E-state index contributed by atoms with van der Waals surface area (Å²) in [5, 5.41) is 7.06. The van der Waals surface area contributed by atoms with Crippen LogP contribution < -0.4 is 11.1 Å². The SMILES string of the molecule is Nc1ccccc1C(=O)Nc1ccccc1-n1cccn1. The van der Waals surface area contributed by atoms with Crippen LogP contribution in [0.2, 0.25) is 0 Å². The van der Waals surface area contributed by atoms with E-state index in [2.05, 4.69) is 10.4 Å². The van der Waals surface area contributed by atoms with E-state index in [1.165, 1.54) is 0 Å². The predicted octanol–water partition coefficient (Wildman–Crippen LogP) is 2.71. The van der Waals surface area contributed by atoms with E-state index in [-0.39, 0.29) is 5.91 Å². The number of nitrogens with one attached hydrogen (secondary N) is 1. The minimum absolute atomic E-state index is 0.243. The molecule has 3 N–H and O–H groups in total. The highest BCUT2D eigenvalue weighted by Gasteiger charge is 2.12. The van der Waals surface area contributed by atoms with Gasteiger partial charge >= 0.3 is 0 Å². The third-order valence-corrected chi connectivity index (χ3v) is 3.11. The van der Waals surface area contributed by atoms with Crippen molar-refractivity contribution in [2.75, 3.05) is 11.1 Å². The molecule has 0 aliphatic rings. The van der Waals surface area contributed by atoms with Gasteiger partial charge in [0.1, 0.15) is 0 Å². The van der Waals surface area contributed by atoms with E-state index in [0.29, 0.717) is 16.9 Å². The standard InChI is InChI=1S/C16H14N4O/c17-13-7-2-1-6-12(13)16(21)19-14-8-3-4-9-15(14)20-11-5-10-18-20/h1-11H,17H2,(H,19,21). The Morgan fingerprint density at radius 2 is 1.81 bits per heavy atom. The lowest BCUT2D eigenvalue weighted by Crippen LogP contribution is -2.15. The Morgan fingerprint density at radius 1 is 1.05 bits per heavy atom. The number of nitrogen functional groups attached to an aromatic ring is 1. The van der Waals surface area contributed by atoms with Crippen LogP contribution in [0.3, 0.4) is 0 Å². The number of aromatic nitrogens is 2. The number of nitrogens with zero attached hydrogens (tertiary/aromatic N) is 2. The highest BCUT2D eigenvalue weighted by molar-refractivity contribution is 6.08. The number of amides is 1. The van der Waals surface area contributed by atoms with Gasteiger partial charge in [-0.15, -0.1) is 0 Å². The fourth-order valence-corrected chi connectivity index (χ4v) is 2.08. The van der Waals surface area contributed by atoms with Crippen molar-refractivity contribution in [3.05, 3.63) is 72.6 Å². The molecule has 1 aromatic heterocycles. The van der Waals surface area contributed by atoms with Crippen molar-refractivity contribution < 1.29 is 4.79 Å². The first kappa shape index (κ1) is 12.9. The zero-order valence-electron chi connectivity index (χ0n) is 11.2. The van der Waals surface area contributed by atoms with E-state index in [9.17, 15) is 4.79 Å². The molecule has 3 aromatic rings. The zero-order valence-corrected chi connectivity index (χ0v) is 11.2. The second-order valence-corrected chi connectivity index (χ2v) is 4.51. The Hall–Kier alpha value is -3.08. The number of hydrogen-bond donors (Lipinski definition) is 2. The number of carbonyl (C=O) groups excluding carboxylic acids is 1. The highest BCUT2D eigenvalue weighted by Crippen LogP contribution is 2.21. The topological polar surface area (TPSA) is 72.9 Å². The van der Waals surface area contributed by atoms with Crippen LogP contribution >= 0.6 is 0 Å². The molecule has 0 atom stereocenters. The Kier molecular flexibility index (Phi) is 3.39. The normalized spacial score (nSPS) is 10.3. The average Bonchev–Trinajstić information content (AvgIpc) is 3.02. The van der Waals surface area contributed by atoms with Gasteiger partial charge in [0.15, 0.2) is 0 Å². The third-order valence-electron chi connectivity index (χ3n) is 3.11. The van der Waals surface area contributed by atoms with E-state index in [0.717, 1.165) is 5.69 Å². The Bertz CT molecular complexity index is 765. The van der Waals surface area contributed by atoms with Crippen molar-refractivity contribution in [3.8, 4) is 5.69 Å². The van der Waals surface area contributed by atoms with Crippen LogP contribution in [0.1, 0.15) is 10.4 Å². The second kappa shape index (κ2) is 5.50. The summed E-state index contributed by atoms with van der Waals surface area (Å²) in [6.07, 6.45) is 3.51. The summed E-state index contributed by atoms with van der Waals surface area (Å²) in [6.45, 7) is 0. The molecular formula is C16H14N4O. The van der Waals surface area contributed by atoms with Gasteiger partial charge in [0.05, 0.1) is 16.9 Å². The number of anilines is 2. The Balaban J connectivity index is 1.93. The minimum atomic E-state index is -0.243. The summed E-state index contributed by atoms with van der Waals surface area (Å²) in [6, 6.07) is 16.3. The molecule has 0 saturated heterocycles. The third kappa shape index (κ3) is 2.62. The Labute approximate surface area is 122 Å². The maximum Gasteiger partial charge on any atom is 0.257 e. The van der Waals surface area contributed by atoms with Crippen LogP contribution in [0.4, 0.5) is 11.4 Å². The predicted molar refractivity (Wildman–Crippen MR) is 82.4 cm³/mol. The molecule has 5 heteroatoms. The van der Waals surface area contributed by atoms with Gasteiger partial charge < -0.3 is 11.1 Å². The number of nitrogens with two attached hydrogens (primary N) is 1. The molecule has 1 amide bonds. The van der Waals surface area contributed by atoms with Gasteiger partial charge in [-0.05, 0) is 30.3 Å². The fraction of sp³-hybridized carbons (Fsp3) is 0. The lowest BCUT2D eigenvalue weighted by Gasteiger charge is -2.11. The summed E-state index contributed by atoms with van der Waals surface area (Å²) in [5.74, 6) is -0.243. The van der Waals surface area contributed by atoms with Crippen LogP contribution in [0, 0.1) is 0 Å². The van der Waals surface area contributed by atoms with Crippen LogP contribution in [0.5, 0.6) is 0 Å². The summed E-state index contributed by atoms with van der Waals surface area (Å²) in [4.78, 5) is 12.3. The molecular weight excluding hydrogens is 264 g/mol. The maximum absolute atomic E-state index is 12.3. The molecule has 104 valence electrons. The molecule has 0 fully saturated rings. The van der Waals surface area contributed by atoms with Gasteiger partial charge in [-0.3, -0.25) is 4.79 Å². The molecule has 0 radical (unpaired) electrons. The maximum atomic E-state index is 12.3. The lowest BCUT2D eigenvalue weighted by atomic mass is 10.1. The zero-order chi connectivity index (χ0) is 14.7. The molecule has 0 spiro atoms. The number of para-hydroxylation sites is 3. The number of carbonyl (C=O) groups is 1. The summed E-state index contributed by atoms with van der Waals surface area (Å²) >= 11 is 0. The number of rotatable bonds is 3. The summed E-state index contributed by atoms with van der Waals surface area (Å²) in [7, 11) is 0. The van der Waals surface area contributed by atoms with Crippen LogP contribution in [0.15, 0.2) is 67.0 Å². The molecule has 0 aliphatic heterocycles. The highest BCUT2D eigenvalue weighted by atomic mass is 16.1. The van der Waals surface area contributed by atoms with Crippen LogP contribution in [-0.2, 0) is 0 Å². The van der Waals surface area contributed by atoms with Crippen molar-refractivity contribution in [2.24, 2.45) is 0 Å². The van der Waals surface area contributed by atoms with E-state index in [4.69, 9.17) is 5.73 Å².